The van der Waals surface area contributed by atoms with Crippen LogP contribution in [0.2, 0.25) is 0 Å². The molecule has 4 rings (SSSR count). The zero-order chi connectivity index (χ0) is 16.9. The third kappa shape index (κ3) is 3.03. The van der Waals surface area contributed by atoms with E-state index >= 15 is 0 Å². The van der Waals surface area contributed by atoms with Crippen LogP contribution < -0.4 is 17.0 Å². The first-order valence-corrected chi connectivity index (χ1v) is 8.95. The number of aliphatic hydroxyl groups is 1. The lowest BCUT2D eigenvalue weighted by Gasteiger charge is -2.47. The molecular weight excluding hydrogens is 386 g/mol. The van der Waals surface area contributed by atoms with Gasteiger partial charge in [0.2, 0.25) is 0 Å². The van der Waals surface area contributed by atoms with Crippen molar-refractivity contribution in [3.05, 3.63) is 35.9 Å². The number of piperidine rings is 1. The number of quaternary nitrogens is 1. The first kappa shape index (κ1) is 18.8. The van der Waals surface area contributed by atoms with Gasteiger partial charge in [0.1, 0.15) is 36.3 Å². The molecule has 6 heteroatoms. The highest BCUT2D eigenvalue weighted by atomic mass is 79.9. The van der Waals surface area contributed by atoms with Crippen molar-refractivity contribution in [1.82, 2.24) is 0 Å². The molecule has 0 aromatic heterocycles. The van der Waals surface area contributed by atoms with E-state index in [9.17, 15) is 9.90 Å². The van der Waals surface area contributed by atoms with Crippen molar-refractivity contribution < 1.29 is 40.8 Å². The Morgan fingerprint density at radius 1 is 1.28 bits per heavy atom. The van der Waals surface area contributed by atoms with E-state index in [1.807, 2.05) is 30.3 Å². The Kier molecular flexibility index (Phi) is 5.26. The van der Waals surface area contributed by atoms with Gasteiger partial charge in [0.25, 0.3) is 0 Å². The molecule has 2 bridgehead atoms. The number of carbonyl (C=O) groups is 1. The summed E-state index contributed by atoms with van der Waals surface area (Å²) in [5.74, 6) is -0.904. The quantitative estimate of drug-likeness (QED) is 0.362. The van der Waals surface area contributed by atoms with Crippen LogP contribution in [0, 0.1) is 0 Å². The summed E-state index contributed by atoms with van der Waals surface area (Å²) in [6, 6.07) is 10.2. The molecule has 0 radical (unpaired) electrons. The molecule has 3 unspecified atom stereocenters. The van der Waals surface area contributed by atoms with Gasteiger partial charge in [-0.2, -0.15) is 0 Å². The van der Waals surface area contributed by atoms with Crippen LogP contribution in [0.15, 0.2) is 30.3 Å². The summed E-state index contributed by atoms with van der Waals surface area (Å²) in [6.07, 6.45) is 2.37. The molecule has 5 nitrogen and oxygen atoms in total. The summed E-state index contributed by atoms with van der Waals surface area (Å²) in [5, 5.41) is 9.64. The van der Waals surface area contributed by atoms with Gasteiger partial charge in [-0.25, -0.2) is 0 Å². The summed E-state index contributed by atoms with van der Waals surface area (Å²) in [6.45, 7) is 3.10. The fourth-order valence-corrected chi connectivity index (χ4v) is 4.87. The molecule has 1 N–H and O–H groups in total. The summed E-state index contributed by atoms with van der Waals surface area (Å²) < 4.78 is 12.7. The number of aliphatic hydroxyl groups excluding tert-OH is 1. The van der Waals surface area contributed by atoms with Gasteiger partial charge in [0, 0.05) is 12.8 Å². The number of morpholine rings is 1. The summed E-state index contributed by atoms with van der Waals surface area (Å²) in [4.78, 5) is 12.6. The number of ether oxygens (including phenoxy) is 2. The van der Waals surface area contributed by atoms with Crippen LogP contribution in [0.5, 0.6) is 0 Å². The van der Waals surface area contributed by atoms with Gasteiger partial charge in [-0.3, -0.25) is 4.79 Å². The molecule has 3 heterocycles. The summed E-state index contributed by atoms with van der Waals surface area (Å²) >= 11 is 0. The van der Waals surface area contributed by atoms with Gasteiger partial charge in [-0.1, -0.05) is 30.3 Å². The standard InChI is InChI=1S/C19H26NO4.BrH/c1-3-20(2)15-9-13(10-16(20)18-17(15)24-18)23-19(22)14(11-21)12-7-5-4-6-8-12;/h4-8,13-18,21H,3,9-11H2,1-2H3;1H/q+1;/p-1/t13?,14?,15-,16+,17-,18+,20?;. The maximum atomic E-state index is 12.6. The number of likely N-dealkylation sites (N-methyl/N-ethyl adjacent to an activating group) is 1. The highest BCUT2D eigenvalue weighted by molar-refractivity contribution is 5.78. The van der Waals surface area contributed by atoms with E-state index in [1.165, 1.54) is 0 Å². The van der Waals surface area contributed by atoms with Crippen LogP contribution in [-0.4, -0.2) is 66.2 Å². The Labute approximate surface area is 159 Å². The zero-order valence-electron chi connectivity index (χ0n) is 14.7. The van der Waals surface area contributed by atoms with Crippen LogP contribution in [0.3, 0.4) is 0 Å². The van der Waals surface area contributed by atoms with Crippen molar-refractivity contribution in [2.45, 2.75) is 56.1 Å². The normalized spacial score (nSPS) is 39.1. The number of nitrogens with zero attached hydrogens (tertiary/aromatic N) is 1. The number of carbonyl (C=O) groups excluding carboxylic acids is 1. The number of hydrogen-bond donors (Lipinski definition) is 1. The van der Waals surface area contributed by atoms with Crippen LogP contribution in [-0.2, 0) is 14.3 Å². The maximum Gasteiger partial charge on any atom is 0.316 e. The largest absolute Gasteiger partial charge is 1.00 e. The Bertz CT molecular complexity index is 607. The average molecular weight is 412 g/mol. The van der Waals surface area contributed by atoms with Crippen molar-refractivity contribution in [3.8, 4) is 0 Å². The van der Waals surface area contributed by atoms with Gasteiger partial charge < -0.3 is 36.0 Å². The van der Waals surface area contributed by atoms with Crippen LogP contribution >= 0.6 is 0 Å². The molecule has 0 aliphatic carbocycles. The molecule has 138 valence electrons. The second-order valence-corrected chi connectivity index (χ2v) is 7.54. The monoisotopic (exact) mass is 411 g/mol. The molecule has 3 aliphatic rings. The minimum Gasteiger partial charge on any atom is -1.00 e. The third-order valence-corrected chi connectivity index (χ3v) is 6.48. The van der Waals surface area contributed by atoms with E-state index in [0.29, 0.717) is 24.3 Å². The minimum atomic E-state index is -0.594. The summed E-state index contributed by atoms with van der Waals surface area (Å²) in [5.41, 5.74) is 0.809. The van der Waals surface area contributed by atoms with E-state index in [-0.39, 0.29) is 35.7 Å². The molecular formula is C19H26BrNO4. The number of rotatable bonds is 5. The lowest BCUT2D eigenvalue weighted by atomic mass is 9.95. The fourth-order valence-electron chi connectivity index (χ4n) is 4.87. The van der Waals surface area contributed by atoms with E-state index in [1.54, 1.807) is 0 Å². The molecule has 25 heavy (non-hydrogen) atoms. The van der Waals surface area contributed by atoms with Crippen molar-refractivity contribution in [3.63, 3.8) is 0 Å². The number of hydrogen-bond acceptors (Lipinski definition) is 4. The molecule has 0 spiro atoms. The smallest absolute Gasteiger partial charge is 0.316 e. The SMILES string of the molecule is CC[N+]1(C)[C@@H]2CC(OC(=O)C(CO)c3ccccc3)C[C@H]1[C@@H]1O[C@@H]12.[Br-]. The van der Waals surface area contributed by atoms with Gasteiger partial charge >= 0.3 is 5.97 Å². The maximum absolute atomic E-state index is 12.6. The molecule has 0 amide bonds. The number of esters is 1. The molecule has 7 atom stereocenters. The number of benzene rings is 1. The van der Waals surface area contributed by atoms with E-state index < -0.39 is 5.92 Å². The number of fused-ring (bicyclic) bond motifs is 5. The lowest BCUT2D eigenvalue weighted by molar-refractivity contribution is -0.954. The first-order chi connectivity index (χ1) is 11.6. The fraction of sp³-hybridized carbons (Fsp3) is 0.632. The highest BCUT2D eigenvalue weighted by Crippen LogP contribution is 2.52. The minimum absolute atomic E-state index is 0. The Balaban J connectivity index is 0.00000182. The van der Waals surface area contributed by atoms with Gasteiger partial charge in [-0.05, 0) is 12.5 Å². The first-order valence-electron chi connectivity index (χ1n) is 8.95. The van der Waals surface area contributed by atoms with E-state index in [0.717, 1.165) is 29.4 Å². The summed E-state index contributed by atoms with van der Waals surface area (Å²) in [7, 11) is 2.31. The second kappa shape index (κ2) is 6.99. The van der Waals surface area contributed by atoms with Crippen molar-refractivity contribution in [2.24, 2.45) is 0 Å². The molecule has 0 saturated carbocycles. The Hall–Kier alpha value is -0.950. The van der Waals surface area contributed by atoms with Crippen molar-refractivity contribution >= 4 is 5.97 Å². The van der Waals surface area contributed by atoms with Crippen LogP contribution in [0.4, 0.5) is 0 Å². The zero-order valence-corrected chi connectivity index (χ0v) is 16.3. The number of epoxide rings is 1. The van der Waals surface area contributed by atoms with Crippen molar-refractivity contribution in [2.75, 3.05) is 20.2 Å². The van der Waals surface area contributed by atoms with Crippen LogP contribution in [0.25, 0.3) is 0 Å². The molecule has 1 aromatic carbocycles. The molecule has 3 aliphatic heterocycles. The Morgan fingerprint density at radius 2 is 1.88 bits per heavy atom. The van der Waals surface area contributed by atoms with E-state index in [4.69, 9.17) is 9.47 Å². The molecule has 3 fully saturated rings. The van der Waals surface area contributed by atoms with Gasteiger partial charge in [0.05, 0.1) is 20.2 Å². The van der Waals surface area contributed by atoms with Gasteiger partial charge in [0.15, 0.2) is 0 Å². The van der Waals surface area contributed by atoms with Crippen LogP contribution in [0.1, 0.15) is 31.2 Å². The van der Waals surface area contributed by atoms with E-state index in [2.05, 4.69) is 14.0 Å². The predicted octanol–water partition coefficient (Wildman–Crippen LogP) is -1.54. The third-order valence-electron chi connectivity index (χ3n) is 6.48. The van der Waals surface area contributed by atoms with Gasteiger partial charge in [-0.15, -0.1) is 0 Å². The molecule has 1 aromatic rings. The predicted molar refractivity (Wildman–Crippen MR) is 88.3 cm³/mol. The number of halogens is 1. The second-order valence-electron chi connectivity index (χ2n) is 7.54. The Morgan fingerprint density at radius 3 is 2.40 bits per heavy atom. The van der Waals surface area contributed by atoms with Crippen molar-refractivity contribution in [1.29, 1.82) is 0 Å². The lowest BCUT2D eigenvalue weighted by Crippen LogP contribution is -3.00. The average Bonchev–Trinajstić information content (AvgIpc) is 3.35. The topological polar surface area (TPSA) is 59.1 Å². The molecule has 3 saturated heterocycles. The highest BCUT2D eigenvalue weighted by Gasteiger charge is 2.71.